The van der Waals surface area contributed by atoms with Gasteiger partial charge in [0.25, 0.3) is 0 Å². The van der Waals surface area contributed by atoms with Crippen LogP contribution in [0.5, 0.6) is 0 Å². The third-order valence-corrected chi connectivity index (χ3v) is 4.37. The van der Waals surface area contributed by atoms with Gasteiger partial charge in [-0.2, -0.15) is 0 Å². The van der Waals surface area contributed by atoms with Gasteiger partial charge in [0, 0.05) is 12.8 Å². The Labute approximate surface area is 140 Å². The first kappa shape index (κ1) is 16.5. The Morgan fingerprint density at radius 3 is 2.62 bits per heavy atom. The van der Waals surface area contributed by atoms with Crippen LogP contribution in [0.1, 0.15) is 36.9 Å². The maximum Gasteiger partial charge on any atom is 0.198 e. The summed E-state index contributed by atoms with van der Waals surface area (Å²) in [5, 5.41) is 30.6. The first-order valence-electron chi connectivity index (χ1n) is 8.01. The zero-order chi connectivity index (χ0) is 17.2. The zero-order valence-electron chi connectivity index (χ0n) is 13.6. The van der Waals surface area contributed by atoms with Crippen molar-refractivity contribution in [1.29, 1.82) is 0 Å². The Kier molecular flexibility index (Phi) is 4.55. The van der Waals surface area contributed by atoms with E-state index in [9.17, 15) is 10.2 Å². The Bertz CT molecular complexity index is 776. The molecule has 0 amide bonds. The molecule has 2 aromatic rings. The molecule has 0 bridgehead atoms. The fraction of sp³-hybridized carbons (Fsp3) is 0.316. The Morgan fingerprint density at radius 1 is 1.25 bits per heavy atom. The van der Waals surface area contributed by atoms with Gasteiger partial charge in [-0.15, -0.1) is 0 Å². The van der Waals surface area contributed by atoms with Crippen LogP contribution in [0, 0.1) is 0 Å². The SMILES string of the molecule is CCC1=C(Cc2nc(CO)co2)C=C(O)CC1(O)c1ccccc1. The fourth-order valence-corrected chi connectivity index (χ4v) is 3.31. The van der Waals surface area contributed by atoms with Crippen molar-refractivity contribution < 1.29 is 19.7 Å². The van der Waals surface area contributed by atoms with Gasteiger partial charge in [-0.25, -0.2) is 4.98 Å². The summed E-state index contributed by atoms with van der Waals surface area (Å²) in [5.41, 5.74) is 1.61. The third-order valence-electron chi connectivity index (χ3n) is 4.37. The smallest absolute Gasteiger partial charge is 0.198 e. The Balaban J connectivity index is 2.03. The van der Waals surface area contributed by atoms with Crippen LogP contribution in [0.25, 0.3) is 0 Å². The van der Waals surface area contributed by atoms with Crippen LogP contribution in [0.2, 0.25) is 0 Å². The van der Waals surface area contributed by atoms with Gasteiger partial charge in [0.05, 0.1) is 12.4 Å². The van der Waals surface area contributed by atoms with E-state index < -0.39 is 5.60 Å². The van der Waals surface area contributed by atoms with Gasteiger partial charge in [-0.1, -0.05) is 37.3 Å². The number of aliphatic hydroxyl groups is 3. The summed E-state index contributed by atoms with van der Waals surface area (Å²) in [7, 11) is 0. The first-order chi connectivity index (χ1) is 11.6. The van der Waals surface area contributed by atoms with Gasteiger partial charge in [0.2, 0.25) is 0 Å². The lowest BCUT2D eigenvalue weighted by atomic mass is 9.75. The summed E-state index contributed by atoms with van der Waals surface area (Å²) in [6.45, 7) is 1.80. The van der Waals surface area contributed by atoms with E-state index in [0.29, 0.717) is 24.4 Å². The minimum Gasteiger partial charge on any atom is -0.512 e. The number of allylic oxidation sites excluding steroid dienone is 2. The molecule has 0 radical (unpaired) electrons. The van der Waals surface area contributed by atoms with Gasteiger partial charge in [0.1, 0.15) is 17.6 Å². The molecule has 5 nitrogen and oxygen atoms in total. The van der Waals surface area contributed by atoms with Gasteiger partial charge >= 0.3 is 0 Å². The number of oxazole rings is 1. The van der Waals surface area contributed by atoms with Crippen molar-refractivity contribution in [3.63, 3.8) is 0 Å². The predicted molar refractivity (Wildman–Crippen MR) is 89.1 cm³/mol. The molecule has 1 heterocycles. The lowest BCUT2D eigenvalue weighted by Gasteiger charge is -2.35. The molecule has 1 aliphatic rings. The van der Waals surface area contributed by atoms with Crippen molar-refractivity contribution in [2.45, 2.75) is 38.4 Å². The molecule has 3 N–H and O–H groups in total. The van der Waals surface area contributed by atoms with Crippen LogP contribution in [0.3, 0.4) is 0 Å². The first-order valence-corrected chi connectivity index (χ1v) is 8.01. The van der Waals surface area contributed by atoms with E-state index in [1.54, 1.807) is 6.08 Å². The summed E-state index contributed by atoms with van der Waals surface area (Å²) in [6, 6.07) is 9.36. The molecule has 0 fully saturated rings. The minimum atomic E-state index is -1.24. The van der Waals surface area contributed by atoms with Crippen LogP contribution in [-0.2, 0) is 18.6 Å². The van der Waals surface area contributed by atoms with E-state index in [1.807, 2.05) is 37.3 Å². The molecule has 1 aliphatic carbocycles. The molecule has 0 saturated heterocycles. The van der Waals surface area contributed by atoms with Crippen LogP contribution in [-0.4, -0.2) is 20.3 Å². The van der Waals surface area contributed by atoms with Crippen molar-refractivity contribution in [2.24, 2.45) is 0 Å². The lowest BCUT2D eigenvalue weighted by molar-refractivity contribution is 0.0578. The monoisotopic (exact) mass is 327 g/mol. The number of rotatable bonds is 5. The molecule has 24 heavy (non-hydrogen) atoms. The van der Waals surface area contributed by atoms with Gasteiger partial charge in [0.15, 0.2) is 5.89 Å². The number of aliphatic hydroxyl groups excluding tert-OH is 2. The standard InChI is InChI=1S/C19H21NO4/c1-2-17-13(9-18-20-15(11-21)12-24-18)8-16(22)10-19(17,23)14-6-4-3-5-7-14/h3-8,12,21-23H,2,9-11H2,1H3. The largest absolute Gasteiger partial charge is 0.512 e. The highest BCUT2D eigenvalue weighted by Crippen LogP contribution is 2.42. The minimum absolute atomic E-state index is 0.127. The number of aromatic nitrogens is 1. The van der Waals surface area contributed by atoms with Crippen LogP contribution >= 0.6 is 0 Å². The van der Waals surface area contributed by atoms with Crippen molar-refractivity contribution in [3.8, 4) is 0 Å². The molecule has 1 aromatic carbocycles. The molecular weight excluding hydrogens is 306 g/mol. The average molecular weight is 327 g/mol. The van der Waals surface area contributed by atoms with Gasteiger partial charge in [-0.05, 0) is 29.2 Å². The summed E-state index contributed by atoms with van der Waals surface area (Å²) < 4.78 is 5.36. The van der Waals surface area contributed by atoms with Crippen LogP contribution < -0.4 is 0 Å². The highest BCUT2D eigenvalue weighted by molar-refractivity contribution is 5.45. The second kappa shape index (κ2) is 6.63. The van der Waals surface area contributed by atoms with E-state index in [-0.39, 0.29) is 18.8 Å². The molecule has 0 aliphatic heterocycles. The predicted octanol–water partition coefficient (Wildman–Crippen LogP) is 3.15. The maximum atomic E-state index is 11.3. The molecular formula is C19H21NO4. The Hall–Kier alpha value is -2.37. The second-order valence-corrected chi connectivity index (χ2v) is 5.96. The van der Waals surface area contributed by atoms with E-state index in [2.05, 4.69) is 4.98 Å². The Morgan fingerprint density at radius 2 is 2.00 bits per heavy atom. The van der Waals surface area contributed by atoms with Crippen LogP contribution in [0.4, 0.5) is 0 Å². The molecule has 1 unspecified atom stereocenters. The molecule has 3 rings (SSSR count). The summed E-state index contributed by atoms with van der Waals surface area (Å²) in [4.78, 5) is 4.19. The molecule has 5 heteroatoms. The molecule has 0 spiro atoms. The molecule has 1 aromatic heterocycles. The van der Waals surface area contributed by atoms with Crippen molar-refractivity contribution in [3.05, 3.63) is 76.7 Å². The number of nitrogens with zero attached hydrogens (tertiary/aromatic N) is 1. The zero-order valence-corrected chi connectivity index (χ0v) is 13.6. The fourth-order valence-electron chi connectivity index (χ4n) is 3.31. The highest BCUT2D eigenvalue weighted by atomic mass is 16.3. The van der Waals surface area contributed by atoms with Gasteiger partial charge < -0.3 is 19.7 Å². The average Bonchev–Trinajstić information content (AvgIpc) is 3.03. The van der Waals surface area contributed by atoms with E-state index in [1.165, 1.54) is 6.26 Å². The number of hydrogen-bond donors (Lipinski definition) is 3. The molecule has 126 valence electrons. The number of benzene rings is 1. The molecule has 0 saturated carbocycles. The highest BCUT2D eigenvalue weighted by Gasteiger charge is 2.38. The summed E-state index contributed by atoms with van der Waals surface area (Å²) in [6.07, 6.45) is 4.23. The normalized spacial score (nSPS) is 21.0. The van der Waals surface area contributed by atoms with E-state index in [0.717, 1.165) is 16.7 Å². The quantitative estimate of drug-likeness (QED) is 0.785. The second-order valence-electron chi connectivity index (χ2n) is 5.96. The third kappa shape index (κ3) is 3.00. The molecule has 1 atom stereocenters. The lowest BCUT2D eigenvalue weighted by Crippen LogP contribution is -2.32. The van der Waals surface area contributed by atoms with Crippen LogP contribution in [0.15, 0.2) is 64.0 Å². The summed E-state index contributed by atoms with van der Waals surface area (Å²) >= 11 is 0. The van der Waals surface area contributed by atoms with E-state index in [4.69, 9.17) is 9.52 Å². The van der Waals surface area contributed by atoms with Crippen molar-refractivity contribution in [2.75, 3.05) is 0 Å². The van der Waals surface area contributed by atoms with E-state index >= 15 is 0 Å². The van der Waals surface area contributed by atoms with Crippen molar-refractivity contribution in [1.82, 2.24) is 4.98 Å². The summed E-state index contributed by atoms with van der Waals surface area (Å²) in [5.74, 6) is 0.573. The topological polar surface area (TPSA) is 86.7 Å². The van der Waals surface area contributed by atoms with Gasteiger partial charge in [-0.3, -0.25) is 0 Å². The number of hydrogen-bond acceptors (Lipinski definition) is 5. The van der Waals surface area contributed by atoms with Crippen molar-refractivity contribution >= 4 is 0 Å². The maximum absolute atomic E-state index is 11.3.